The molecular formula is C52H34N4. The van der Waals surface area contributed by atoms with E-state index in [0.29, 0.717) is 5.82 Å². The Morgan fingerprint density at radius 1 is 0.304 bits per heavy atom. The first kappa shape index (κ1) is 31.9. The topological polar surface area (TPSA) is 35.6 Å². The number of fused-ring (bicyclic) bond motifs is 7. The molecule has 0 aliphatic carbocycles. The summed E-state index contributed by atoms with van der Waals surface area (Å²) in [7, 11) is 0. The van der Waals surface area contributed by atoms with Gasteiger partial charge in [-0.1, -0.05) is 146 Å². The first-order chi connectivity index (χ1) is 27.8. The van der Waals surface area contributed by atoms with Crippen molar-refractivity contribution in [1.29, 1.82) is 0 Å². The number of benzene rings is 8. The van der Waals surface area contributed by atoms with E-state index in [-0.39, 0.29) is 0 Å². The fourth-order valence-corrected chi connectivity index (χ4v) is 8.34. The maximum absolute atomic E-state index is 5.18. The number of hydrogen-bond acceptors (Lipinski definition) is 2. The van der Waals surface area contributed by atoms with Crippen LogP contribution in [-0.4, -0.2) is 19.1 Å². The predicted octanol–water partition coefficient (Wildman–Crippen LogP) is 13.3. The summed E-state index contributed by atoms with van der Waals surface area (Å²) in [6.45, 7) is 0. The fourth-order valence-electron chi connectivity index (χ4n) is 8.34. The van der Waals surface area contributed by atoms with Gasteiger partial charge in [0.2, 0.25) is 0 Å². The van der Waals surface area contributed by atoms with E-state index in [1.54, 1.807) is 0 Å². The summed E-state index contributed by atoms with van der Waals surface area (Å²) in [5, 5.41) is 4.93. The van der Waals surface area contributed by atoms with Crippen molar-refractivity contribution in [3.05, 3.63) is 206 Å². The van der Waals surface area contributed by atoms with E-state index in [4.69, 9.17) is 9.97 Å². The normalized spacial score (nSPS) is 11.6. The molecule has 262 valence electrons. The lowest BCUT2D eigenvalue weighted by Crippen LogP contribution is -1.98. The van der Waals surface area contributed by atoms with Crippen LogP contribution in [0.25, 0.3) is 100 Å². The predicted molar refractivity (Wildman–Crippen MR) is 232 cm³/mol. The van der Waals surface area contributed by atoms with Gasteiger partial charge in [-0.15, -0.1) is 0 Å². The van der Waals surface area contributed by atoms with Crippen LogP contribution < -0.4 is 0 Å². The Morgan fingerprint density at radius 3 is 1.46 bits per heavy atom. The number of aromatic nitrogens is 4. The molecule has 0 N–H and O–H groups in total. The van der Waals surface area contributed by atoms with Gasteiger partial charge in [0.1, 0.15) is 0 Å². The van der Waals surface area contributed by atoms with E-state index < -0.39 is 0 Å². The summed E-state index contributed by atoms with van der Waals surface area (Å²) < 4.78 is 4.82. The standard InChI is InChI=1S/C52H34N4/c1-4-14-35(15-5-1)36-24-26-38(27-25-36)46-34-45(37-16-6-2-7-17-37)53-52(54-46)39-28-30-41(31-29-39)56-47-22-12-10-20-42(47)43-32-33-49-50(51(43)56)44-21-11-13-23-48(44)55(49)40-18-8-3-9-19-40/h1-34H. The van der Waals surface area contributed by atoms with Crippen molar-refractivity contribution in [3.63, 3.8) is 0 Å². The van der Waals surface area contributed by atoms with Crippen molar-refractivity contribution >= 4 is 43.6 Å². The molecule has 4 heteroatoms. The second-order valence-electron chi connectivity index (χ2n) is 14.2. The molecule has 0 radical (unpaired) electrons. The van der Waals surface area contributed by atoms with Gasteiger partial charge in [0.25, 0.3) is 0 Å². The molecule has 3 heterocycles. The highest BCUT2D eigenvalue weighted by atomic mass is 15.0. The smallest absolute Gasteiger partial charge is 0.160 e. The van der Waals surface area contributed by atoms with Crippen molar-refractivity contribution in [1.82, 2.24) is 19.1 Å². The minimum Gasteiger partial charge on any atom is -0.309 e. The summed E-state index contributed by atoms with van der Waals surface area (Å²) in [5.41, 5.74) is 14.2. The second kappa shape index (κ2) is 13.1. The Balaban J connectivity index is 1.08. The van der Waals surface area contributed by atoms with Gasteiger partial charge in [0.05, 0.1) is 33.5 Å². The first-order valence-electron chi connectivity index (χ1n) is 19.0. The second-order valence-corrected chi connectivity index (χ2v) is 14.2. The van der Waals surface area contributed by atoms with Crippen molar-refractivity contribution in [2.24, 2.45) is 0 Å². The lowest BCUT2D eigenvalue weighted by molar-refractivity contribution is 1.16. The third-order valence-electron chi connectivity index (χ3n) is 11.0. The third kappa shape index (κ3) is 5.23. The SMILES string of the molecule is c1ccc(-c2ccc(-c3cc(-c4ccccc4)nc(-c4ccc(-n5c6ccccc6c6ccc7c(c8ccccc8n7-c7ccccc7)c65)cc4)n3)cc2)cc1. The van der Waals surface area contributed by atoms with Crippen LogP contribution in [0, 0.1) is 0 Å². The monoisotopic (exact) mass is 714 g/mol. The van der Waals surface area contributed by atoms with Crippen molar-refractivity contribution in [3.8, 4) is 56.4 Å². The molecule has 0 saturated heterocycles. The number of nitrogens with zero attached hydrogens (tertiary/aromatic N) is 4. The molecule has 8 aromatic carbocycles. The van der Waals surface area contributed by atoms with Gasteiger partial charge in [-0.05, 0) is 71.8 Å². The Kier molecular flexibility index (Phi) is 7.46. The van der Waals surface area contributed by atoms with Crippen molar-refractivity contribution in [2.45, 2.75) is 0 Å². The number of hydrogen-bond donors (Lipinski definition) is 0. The summed E-state index contributed by atoms with van der Waals surface area (Å²) in [5.74, 6) is 0.690. The molecule has 4 nitrogen and oxygen atoms in total. The molecule has 11 aromatic rings. The van der Waals surface area contributed by atoms with Gasteiger partial charge in [-0.25, -0.2) is 9.97 Å². The van der Waals surface area contributed by atoms with E-state index in [9.17, 15) is 0 Å². The van der Waals surface area contributed by atoms with Gasteiger partial charge in [-0.2, -0.15) is 0 Å². The maximum atomic E-state index is 5.18. The van der Waals surface area contributed by atoms with Gasteiger partial charge in [0, 0.05) is 49.6 Å². The van der Waals surface area contributed by atoms with Gasteiger partial charge in [-0.3, -0.25) is 0 Å². The fraction of sp³-hybridized carbons (Fsp3) is 0. The van der Waals surface area contributed by atoms with E-state index in [0.717, 1.165) is 39.5 Å². The van der Waals surface area contributed by atoms with Crippen LogP contribution in [0.3, 0.4) is 0 Å². The van der Waals surface area contributed by atoms with E-state index >= 15 is 0 Å². The molecule has 0 unspecified atom stereocenters. The molecular weight excluding hydrogens is 681 g/mol. The van der Waals surface area contributed by atoms with Crippen LogP contribution in [0.2, 0.25) is 0 Å². The lowest BCUT2D eigenvalue weighted by Gasteiger charge is -2.12. The van der Waals surface area contributed by atoms with Crippen molar-refractivity contribution in [2.75, 3.05) is 0 Å². The molecule has 0 aliphatic heterocycles. The van der Waals surface area contributed by atoms with Crippen LogP contribution in [0.5, 0.6) is 0 Å². The highest BCUT2D eigenvalue weighted by Crippen LogP contribution is 2.42. The molecule has 0 fully saturated rings. The van der Waals surface area contributed by atoms with Crippen LogP contribution in [0.1, 0.15) is 0 Å². The Morgan fingerprint density at radius 2 is 0.786 bits per heavy atom. The Bertz CT molecular complexity index is 3200. The maximum Gasteiger partial charge on any atom is 0.160 e. The molecule has 11 rings (SSSR count). The zero-order chi connectivity index (χ0) is 37.0. The minimum absolute atomic E-state index is 0.690. The number of para-hydroxylation sites is 3. The highest BCUT2D eigenvalue weighted by molar-refractivity contribution is 6.26. The van der Waals surface area contributed by atoms with E-state index in [2.05, 4.69) is 203 Å². The molecule has 3 aromatic heterocycles. The minimum atomic E-state index is 0.690. The summed E-state index contributed by atoms with van der Waals surface area (Å²) in [4.78, 5) is 10.3. The molecule has 0 amide bonds. The van der Waals surface area contributed by atoms with Crippen LogP contribution >= 0.6 is 0 Å². The van der Waals surface area contributed by atoms with Crippen LogP contribution in [0.4, 0.5) is 0 Å². The molecule has 0 aliphatic rings. The molecule has 56 heavy (non-hydrogen) atoms. The average Bonchev–Trinajstić information content (AvgIpc) is 3.80. The van der Waals surface area contributed by atoms with Crippen LogP contribution in [-0.2, 0) is 0 Å². The zero-order valence-electron chi connectivity index (χ0n) is 30.4. The third-order valence-corrected chi connectivity index (χ3v) is 11.0. The van der Waals surface area contributed by atoms with Gasteiger partial charge < -0.3 is 9.13 Å². The molecule has 0 spiro atoms. The van der Waals surface area contributed by atoms with E-state index in [1.165, 1.54) is 54.7 Å². The number of rotatable bonds is 6. The largest absolute Gasteiger partial charge is 0.309 e. The first-order valence-corrected chi connectivity index (χ1v) is 19.0. The summed E-state index contributed by atoms with van der Waals surface area (Å²) in [6, 6.07) is 73.1. The molecule has 0 atom stereocenters. The summed E-state index contributed by atoms with van der Waals surface area (Å²) in [6.07, 6.45) is 0. The van der Waals surface area contributed by atoms with Crippen molar-refractivity contribution < 1.29 is 0 Å². The highest BCUT2D eigenvalue weighted by Gasteiger charge is 2.21. The Labute approximate surface area is 324 Å². The van der Waals surface area contributed by atoms with Gasteiger partial charge in [0.15, 0.2) is 5.82 Å². The molecule has 0 bridgehead atoms. The molecule has 0 saturated carbocycles. The van der Waals surface area contributed by atoms with Gasteiger partial charge >= 0.3 is 0 Å². The Hall–Kier alpha value is -7.56. The average molecular weight is 715 g/mol. The van der Waals surface area contributed by atoms with Crippen LogP contribution in [0.15, 0.2) is 206 Å². The zero-order valence-corrected chi connectivity index (χ0v) is 30.4. The quantitative estimate of drug-likeness (QED) is 0.172. The van der Waals surface area contributed by atoms with E-state index in [1.807, 2.05) is 12.1 Å². The lowest BCUT2D eigenvalue weighted by atomic mass is 10.0. The summed E-state index contributed by atoms with van der Waals surface area (Å²) >= 11 is 0.